The third-order valence-electron chi connectivity index (χ3n) is 3.58. The van der Waals surface area contributed by atoms with Gasteiger partial charge >= 0.3 is 6.03 Å². The lowest BCUT2D eigenvalue weighted by Gasteiger charge is -2.31. The molecule has 2 rings (SSSR count). The third-order valence-corrected chi connectivity index (χ3v) is 3.58. The van der Waals surface area contributed by atoms with Crippen molar-refractivity contribution in [2.75, 3.05) is 18.8 Å². The number of carbonyl (C=O) groups excluding carboxylic acids is 1. The second-order valence-electron chi connectivity index (χ2n) is 5.44. The van der Waals surface area contributed by atoms with Crippen LogP contribution in [-0.2, 0) is 6.54 Å². The Bertz CT molecular complexity index is 422. The molecule has 0 aromatic heterocycles. The molecule has 0 aliphatic carbocycles. The van der Waals surface area contributed by atoms with Gasteiger partial charge in [-0.2, -0.15) is 0 Å². The van der Waals surface area contributed by atoms with E-state index in [1.165, 1.54) is 0 Å². The number of hydrogen-bond acceptors (Lipinski definition) is 2. The maximum atomic E-state index is 12.5. The predicted molar refractivity (Wildman–Crippen MR) is 77.7 cm³/mol. The van der Waals surface area contributed by atoms with Crippen LogP contribution in [0.4, 0.5) is 10.5 Å². The molecule has 1 saturated heterocycles. The smallest absolute Gasteiger partial charge is 0.320 e. The van der Waals surface area contributed by atoms with E-state index in [0.717, 1.165) is 37.2 Å². The highest BCUT2D eigenvalue weighted by molar-refractivity contribution is 5.75. The van der Waals surface area contributed by atoms with Gasteiger partial charge in [0, 0.05) is 31.4 Å². The van der Waals surface area contributed by atoms with Crippen LogP contribution in [0.25, 0.3) is 0 Å². The standard InChI is InChI=1S/C15H23N3O/c1-12(2)18(15(19)17-9-3-4-10-17)11-13-5-7-14(16)8-6-13/h5-8,12H,3-4,9-11,16H2,1-2H3. The Morgan fingerprint density at radius 1 is 1.26 bits per heavy atom. The number of carbonyl (C=O) groups is 1. The monoisotopic (exact) mass is 261 g/mol. The van der Waals surface area contributed by atoms with E-state index < -0.39 is 0 Å². The SMILES string of the molecule is CC(C)N(Cc1ccc(N)cc1)C(=O)N1CCCC1. The quantitative estimate of drug-likeness (QED) is 0.850. The number of likely N-dealkylation sites (tertiary alicyclic amines) is 1. The van der Waals surface area contributed by atoms with Crippen molar-refractivity contribution in [2.24, 2.45) is 0 Å². The number of hydrogen-bond donors (Lipinski definition) is 1. The van der Waals surface area contributed by atoms with Gasteiger partial charge in [0.25, 0.3) is 0 Å². The van der Waals surface area contributed by atoms with E-state index in [4.69, 9.17) is 5.73 Å². The molecule has 4 heteroatoms. The number of benzene rings is 1. The van der Waals surface area contributed by atoms with Gasteiger partial charge in [0.2, 0.25) is 0 Å². The Morgan fingerprint density at radius 3 is 2.37 bits per heavy atom. The zero-order valence-electron chi connectivity index (χ0n) is 11.8. The van der Waals surface area contributed by atoms with Crippen LogP contribution in [0.15, 0.2) is 24.3 Å². The molecule has 0 spiro atoms. The average Bonchev–Trinajstić information content (AvgIpc) is 2.91. The van der Waals surface area contributed by atoms with Crippen molar-refractivity contribution in [3.63, 3.8) is 0 Å². The van der Waals surface area contributed by atoms with Gasteiger partial charge in [0.05, 0.1) is 0 Å². The van der Waals surface area contributed by atoms with E-state index in [1.807, 2.05) is 34.1 Å². The fourth-order valence-electron chi connectivity index (χ4n) is 2.38. The summed E-state index contributed by atoms with van der Waals surface area (Å²) >= 11 is 0. The summed E-state index contributed by atoms with van der Waals surface area (Å²) in [7, 11) is 0. The van der Waals surface area contributed by atoms with Crippen molar-refractivity contribution in [2.45, 2.75) is 39.3 Å². The van der Waals surface area contributed by atoms with Gasteiger partial charge in [-0.05, 0) is 44.4 Å². The van der Waals surface area contributed by atoms with E-state index in [1.54, 1.807) is 0 Å². The van der Waals surface area contributed by atoms with Crippen LogP contribution < -0.4 is 5.73 Å². The zero-order valence-corrected chi connectivity index (χ0v) is 11.8. The van der Waals surface area contributed by atoms with Crippen LogP contribution in [0.3, 0.4) is 0 Å². The van der Waals surface area contributed by atoms with Crippen molar-refractivity contribution in [3.05, 3.63) is 29.8 Å². The van der Waals surface area contributed by atoms with E-state index in [9.17, 15) is 4.79 Å². The van der Waals surface area contributed by atoms with Gasteiger partial charge in [-0.1, -0.05) is 12.1 Å². The van der Waals surface area contributed by atoms with Crippen molar-refractivity contribution in [3.8, 4) is 0 Å². The molecule has 1 aromatic rings. The molecular formula is C15H23N3O. The Morgan fingerprint density at radius 2 is 1.84 bits per heavy atom. The Kier molecular flexibility index (Phi) is 4.30. The Labute approximate surface area is 115 Å². The molecule has 1 aliphatic heterocycles. The highest BCUT2D eigenvalue weighted by Crippen LogP contribution is 2.16. The second-order valence-corrected chi connectivity index (χ2v) is 5.44. The first-order valence-electron chi connectivity index (χ1n) is 6.98. The second kappa shape index (κ2) is 5.95. The van der Waals surface area contributed by atoms with Gasteiger partial charge < -0.3 is 15.5 Å². The molecule has 1 heterocycles. The van der Waals surface area contributed by atoms with Crippen LogP contribution in [-0.4, -0.2) is 35.0 Å². The average molecular weight is 261 g/mol. The van der Waals surface area contributed by atoms with Gasteiger partial charge in [-0.25, -0.2) is 4.79 Å². The van der Waals surface area contributed by atoms with E-state index in [0.29, 0.717) is 6.54 Å². The van der Waals surface area contributed by atoms with E-state index in [-0.39, 0.29) is 12.1 Å². The summed E-state index contributed by atoms with van der Waals surface area (Å²) in [5.74, 6) is 0. The molecule has 1 aliphatic rings. The molecule has 0 atom stereocenters. The Balaban J connectivity index is 2.07. The zero-order chi connectivity index (χ0) is 13.8. The summed E-state index contributed by atoms with van der Waals surface area (Å²) in [4.78, 5) is 16.4. The lowest BCUT2D eigenvalue weighted by molar-refractivity contribution is 0.145. The van der Waals surface area contributed by atoms with Crippen LogP contribution in [0, 0.1) is 0 Å². The summed E-state index contributed by atoms with van der Waals surface area (Å²) in [6.45, 7) is 6.55. The van der Waals surface area contributed by atoms with Crippen molar-refractivity contribution < 1.29 is 4.79 Å². The molecule has 19 heavy (non-hydrogen) atoms. The maximum absolute atomic E-state index is 12.5. The number of amides is 2. The first kappa shape index (κ1) is 13.7. The number of anilines is 1. The van der Waals surface area contributed by atoms with Crippen LogP contribution in [0.2, 0.25) is 0 Å². The number of rotatable bonds is 3. The molecule has 2 N–H and O–H groups in total. The summed E-state index contributed by atoms with van der Waals surface area (Å²) in [6, 6.07) is 8.10. The molecule has 1 fully saturated rings. The van der Waals surface area contributed by atoms with Crippen LogP contribution in [0.1, 0.15) is 32.3 Å². The molecule has 0 bridgehead atoms. The highest BCUT2D eigenvalue weighted by Gasteiger charge is 2.25. The first-order chi connectivity index (χ1) is 9.08. The highest BCUT2D eigenvalue weighted by atomic mass is 16.2. The Hall–Kier alpha value is -1.71. The molecule has 0 radical (unpaired) electrons. The fourth-order valence-corrected chi connectivity index (χ4v) is 2.38. The molecule has 104 valence electrons. The minimum Gasteiger partial charge on any atom is -0.399 e. The summed E-state index contributed by atoms with van der Waals surface area (Å²) in [6.07, 6.45) is 2.25. The molecule has 4 nitrogen and oxygen atoms in total. The molecule has 2 amide bonds. The van der Waals surface area contributed by atoms with Gasteiger partial charge in [0.15, 0.2) is 0 Å². The topological polar surface area (TPSA) is 49.6 Å². The molecular weight excluding hydrogens is 238 g/mol. The first-order valence-corrected chi connectivity index (χ1v) is 6.98. The minimum atomic E-state index is 0.157. The molecule has 1 aromatic carbocycles. The summed E-state index contributed by atoms with van der Waals surface area (Å²) in [5, 5.41) is 0. The van der Waals surface area contributed by atoms with E-state index >= 15 is 0 Å². The lowest BCUT2D eigenvalue weighted by Crippen LogP contribution is -2.44. The number of nitrogens with two attached hydrogens (primary N) is 1. The van der Waals surface area contributed by atoms with Crippen molar-refractivity contribution in [1.82, 2.24) is 9.80 Å². The van der Waals surface area contributed by atoms with Gasteiger partial charge in [0.1, 0.15) is 0 Å². The number of urea groups is 1. The normalized spacial score (nSPS) is 15.0. The van der Waals surface area contributed by atoms with Crippen LogP contribution in [0.5, 0.6) is 0 Å². The predicted octanol–water partition coefficient (Wildman–Crippen LogP) is 2.70. The lowest BCUT2D eigenvalue weighted by atomic mass is 10.2. The number of nitrogen functional groups attached to an aromatic ring is 1. The number of nitrogens with zero attached hydrogens (tertiary/aromatic N) is 2. The fraction of sp³-hybridized carbons (Fsp3) is 0.533. The minimum absolute atomic E-state index is 0.157. The summed E-state index contributed by atoms with van der Waals surface area (Å²) < 4.78 is 0. The summed E-state index contributed by atoms with van der Waals surface area (Å²) in [5.41, 5.74) is 7.56. The van der Waals surface area contributed by atoms with Gasteiger partial charge in [-0.15, -0.1) is 0 Å². The molecule has 0 saturated carbocycles. The molecule has 0 unspecified atom stereocenters. The maximum Gasteiger partial charge on any atom is 0.320 e. The largest absolute Gasteiger partial charge is 0.399 e. The van der Waals surface area contributed by atoms with Crippen molar-refractivity contribution >= 4 is 11.7 Å². The van der Waals surface area contributed by atoms with Crippen molar-refractivity contribution in [1.29, 1.82) is 0 Å². The van der Waals surface area contributed by atoms with E-state index in [2.05, 4.69) is 13.8 Å². The van der Waals surface area contributed by atoms with Gasteiger partial charge in [-0.3, -0.25) is 0 Å². The third kappa shape index (κ3) is 3.40. The van der Waals surface area contributed by atoms with Crippen LogP contribution >= 0.6 is 0 Å².